The molecule has 0 aliphatic carbocycles. The molecule has 0 rings (SSSR count). The van der Waals surface area contributed by atoms with Crippen LogP contribution >= 0.6 is 0 Å². The molecule has 21 heavy (non-hydrogen) atoms. The molecule has 0 bridgehead atoms. The van der Waals surface area contributed by atoms with Crippen LogP contribution in [0.2, 0.25) is 0 Å². The lowest BCUT2D eigenvalue weighted by atomic mass is 10.0. The summed E-state index contributed by atoms with van der Waals surface area (Å²) in [6.07, 6.45) is 1.27. The van der Waals surface area contributed by atoms with Gasteiger partial charge in [-0.2, -0.15) is 0 Å². The van der Waals surface area contributed by atoms with E-state index in [2.05, 4.69) is 0 Å². The van der Waals surface area contributed by atoms with Crippen LogP contribution < -0.4 is 5.73 Å². The van der Waals surface area contributed by atoms with Crippen molar-refractivity contribution in [3.63, 3.8) is 0 Å². The van der Waals surface area contributed by atoms with E-state index in [1.807, 2.05) is 0 Å². The van der Waals surface area contributed by atoms with E-state index < -0.39 is 11.6 Å². The molecule has 0 radical (unpaired) electrons. The Morgan fingerprint density at radius 3 is 2.29 bits per heavy atom. The molecule has 0 spiro atoms. The Labute approximate surface area is 126 Å². The first-order valence-corrected chi connectivity index (χ1v) is 7.28. The topological polar surface area (TPSA) is 95.7 Å². The molecule has 122 valence electrons. The smallest absolute Gasteiger partial charge is 0.313 e. The summed E-state index contributed by atoms with van der Waals surface area (Å²) in [5.74, 6) is -1.01. The zero-order valence-corrected chi connectivity index (χ0v) is 13.4. The minimum absolute atomic E-state index is 0.147. The van der Waals surface area contributed by atoms with Crippen LogP contribution in [-0.4, -0.2) is 36.0 Å². The molecule has 0 aliphatic rings. The molecule has 0 aromatic rings. The van der Waals surface area contributed by atoms with Crippen molar-refractivity contribution < 1.29 is 23.9 Å². The van der Waals surface area contributed by atoms with Crippen molar-refractivity contribution >= 4 is 17.7 Å². The molecule has 0 saturated heterocycles. The summed E-state index contributed by atoms with van der Waals surface area (Å²) in [5.41, 5.74) is 5.19. The highest BCUT2D eigenvalue weighted by Gasteiger charge is 2.19. The second-order valence-electron chi connectivity index (χ2n) is 5.96. The normalized spacial score (nSPS) is 12.6. The van der Waals surface area contributed by atoms with Gasteiger partial charge in [-0.25, -0.2) is 0 Å². The van der Waals surface area contributed by atoms with Crippen molar-refractivity contribution in [1.82, 2.24) is 0 Å². The SMILES string of the molecule is CCOC(=O)CC(N)CCCC(=O)CC(=O)OC(C)(C)C. The fourth-order valence-electron chi connectivity index (χ4n) is 1.72. The molecule has 0 aromatic carbocycles. The Bertz CT molecular complexity index is 360. The van der Waals surface area contributed by atoms with Crippen molar-refractivity contribution in [2.45, 2.75) is 71.4 Å². The second kappa shape index (κ2) is 9.50. The maximum Gasteiger partial charge on any atom is 0.313 e. The summed E-state index contributed by atoms with van der Waals surface area (Å²) < 4.78 is 9.86. The van der Waals surface area contributed by atoms with E-state index in [0.717, 1.165) is 0 Å². The van der Waals surface area contributed by atoms with Gasteiger partial charge in [-0.1, -0.05) is 0 Å². The van der Waals surface area contributed by atoms with Crippen LogP contribution in [0.15, 0.2) is 0 Å². The summed E-state index contributed by atoms with van der Waals surface area (Å²) in [6, 6.07) is -0.321. The van der Waals surface area contributed by atoms with Crippen LogP contribution in [-0.2, 0) is 23.9 Å². The van der Waals surface area contributed by atoms with Gasteiger partial charge in [0.25, 0.3) is 0 Å². The number of nitrogens with two attached hydrogens (primary N) is 1. The van der Waals surface area contributed by atoms with Gasteiger partial charge < -0.3 is 15.2 Å². The van der Waals surface area contributed by atoms with Crippen molar-refractivity contribution in [3.8, 4) is 0 Å². The average molecular weight is 301 g/mol. The lowest BCUT2D eigenvalue weighted by Crippen LogP contribution is -2.26. The standard InChI is InChI=1S/C15H27NO5/c1-5-20-13(18)9-11(16)7-6-8-12(17)10-14(19)21-15(2,3)4/h11H,5-10,16H2,1-4H3. The predicted molar refractivity (Wildman–Crippen MR) is 78.5 cm³/mol. The van der Waals surface area contributed by atoms with E-state index in [-0.39, 0.29) is 37.1 Å². The van der Waals surface area contributed by atoms with E-state index >= 15 is 0 Å². The maximum absolute atomic E-state index is 11.6. The highest BCUT2D eigenvalue weighted by molar-refractivity contribution is 5.95. The van der Waals surface area contributed by atoms with Gasteiger partial charge in [-0.3, -0.25) is 14.4 Å². The number of rotatable bonds is 9. The van der Waals surface area contributed by atoms with E-state index in [1.165, 1.54) is 0 Å². The van der Waals surface area contributed by atoms with E-state index in [9.17, 15) is 14.4 Å². The van der Waals surface area contributed by atoms with Gasteiger partial charge in [0.2, 0.25) is 0 Å². The molecule has 2 N–H and O–H groups in total. The highest BCUT2D eigenvalue weighted by atomic mass is 16.6. The summed E-state index contributed by atoms with van der Waals surface area (Å²) in [7, 11) is 0. The molecule has 1 atom stereocenters. The number of esters is 2. The first-order chi connectivity index (χ1) is 9.64. The first-order valence-electron chi connectivity index (χ1n) is 7.28. The van der Waals surface area contributed by atoms with Crippen LogP contribution in [0.1, 0.15) is 59.8 Å². The van der Waals surface area contributed by atoms with Gasteiger partial charge in [-0.05, 0) is 40.5 Å². The molecular formula is C15H27NO5. The highest BCUT2D eigenvalue weighted by Crippen LogP contribution is 2.10. The monoisotopic (exact) mass is 301 g/mol. The molecule has 0 aliphatic heterocycles. The van der Waals surface area contributed by atoms with Crippen LogP contribution in [0, 0.1) is 0 Å². The second-order valence-corrected chi connectivity index (χ2v) is 5.96. The van der Waals surface area contributed by atoms with Crippen molar-refractivity contribution in [2.75, 3.05) is 6.61 Å². The Morgan fingerprint density at radius 1 is 1.14 bits per heavy atom. The van der Waals surface area contributed by atoms with Gasteiger partial charge in [0.15, 0.2) is 0 Å². The van der Waals surface area contributed by atoms with Gasteiger partial charge >= 0.3 is 11.9 Å². The summed E-state index contributed by atoms with van der Waals surface area (Å²) >= 11 is 0. The zero-order chi connectivity index (χ0) is 16.5. The fraction of sp³-hybridized carbons (Fsp3) is 0.800. The summed E-state index contributed by atoms with van der Waals surface area (Å²) in [5, 5.41) is 0. The number of carbonyl (C=O) groups is 3. The Morgan fingerprint density at radius 2 is 1.76 bits per heavy atom. The molecule has 0 aromatic heterocycles. The predicted octanol–water partition coefficient (Wildman–Crippen LogP) is 1.74. The summed E-state index contributed by atoms with van der Waals surface area (Å²) in [6.45, 7) is 7.33. The van der Waals surface area contributed by atoms with Gasteiger partial charge in [0, 0.05) is 12.5 Å². The third kappa shape index (κ3) is 12.1. The number of carbonyl (C=O) groups excluding carboxylic acids is 3. The Hall–Kier alpha value is -1.43. The van der Waals surface area contributed by atoms with Gasteiger partial charge in [-0.15, -0.1) is 0 Å². The largest absolute Gasteiger partial charge is 0.466 e. The lowest BCUT2D eigenvalue weighted by Gasteiger charge is -2.19. The quantitative estimate of drug-likeness (QED) is 0.515. The molecule has 1 unspecified atom stereocenters. The molecule has 6 heteroatoms. The van der Waals surface area contributed by atoms with Crippen molar-refractivity contribution in [2.24, 2.45) is 5.73 Å². The molecular weight excluding hydrogens is 274 g/mol. The van der Waals surface area contributed by atoms with Gasteiger partial charge in [0.05, 0.1) is 13.0 Å². The third-order valence-corrected chi connectivity index (χ3v) is 2.53. The Balaban J connectivity index is 3.84. The number of hydrogen-bond acceptors (Lipinski definition) is 6. The molecule has 6 nitrogen and oxygen atoms in total. The molecule has 0 amide bonds. The van der Waals surface area contributed by atoms with Crippen LogP contribution in [0.25, 0.3) is 0 Å². The fourth-order valence-corrected chi connectivity index (χ4v) is 1.72. The van der Waals surface area contributed by atoms with E-state index in [1.54, 1.807) is 27.7 Å². The van der Waals surface area contributed by atoms with Crippen molar-refractivity contribution in [3.05, 3.63) is 0 Å². The first kappa shape index (κ1) is 19.6. The van der Waals surface area contributed by atoms with Crippen LogP contribution in [0.3, 0.4) is 0 Å². The lowest BCUT2D eigenvalue weighted by molar-refractivity contribution is -0.156. The number of hydrogen-bond donors (Lipinski definition) is 1. The minimum Gasteiger partial charge on any atom is -0.466 e. The van der Waals surface area contributed by atoms with E-state index in [4.69, 9.17) is 15.2 Å². The zero-order valence-electron chi connectivity index (χ0n) is 13.4. The number of ether oxygens (including phenoxy) is 2. The maximum atomic E-state index is 11.6. The van der Waals surface area contributed by atoms with Crippen molar-refractivity contribution in [1.29, 1.82) is 0 Å². The van der Waals surface area contributed by atoms with Gasteiger partial charge in [0.1, 0.15) is 17.8 Å². The third-order valence-electron chi connectivity index (χ3n) is 2.53. The molecule has 0 heterocycles. The summed E-state index contributed by atoms with van der Waals surface area (Å²) in [4.78, 5) is 34.3. The van der Waals surface area contributed by atoms with E-state index in [0.29, 0.717) is 19.4 Å². The average Bonchev–Trinajstić information content (AvgIpc) is 2.25. The molecule has 0 saturated carbocycles. The van der Waals surface area contributed by atoms with Crippen LogP contribution in [0.5, 0.6) is 0 Å². The van der Waals surface area contributed by atoms with Crippen LogP contribution in [0.4, 0.5) is 0 Å². The number of Topliss-reactive ketones (excluding diaryl/α,β-unsaturated/α-hetero) is 1. The minimum atomic E-state index is -0.584. The molecule has 0 fully saturated rings. The Kier molecular flexibility index (Phi) is 8.85. The number of ketones is 1.